The van der Waals surface area contributed by atoms with Crippen LogP contribution in [0.1, 0.15) is 51.9 Å². The Hall–Kier alpha value is -1.06. The number of carbonyl (C=O) groups is 2. The van der Waals surface area contributed by atoms with Gasteiger partial charge < -0.3 is 10.4 Å². The van der Waals surface area contributed by atoms with Crippen molar-refractivity contribution >= 4 is 11.9 Å². The molecule has 4 heteroatoms. The highest BCUT2D eigenvalue weighted by atomic mass is 16.4. The Labute approximate surface area is 96.4 Å². The molecule has 0 aliphatic heterocycles. The van der Waals surface area contributed by atoms with E-state index in [4.69, 9.17) is 5.11 Å². The van der Waals surface area contributed by atoms with E-state index in [1.807, 2.05) is 6.92 Å². The predicted octanol–water partition coefficient (Wildman–Crippen LogP) is 1.94. The van der Waals surface area contributed by atoms with Crippen LogP contribution in [-0.4, -0.2) is 23.5 Å². The van der Waals surface area contributed by atoms with Crippen molar-refractivity contribution in [1.29, 1.82) is 0 Å². The van der Waals surface area contributed by atoms with Crippen LogP contribution in [0.5, 0.6) is 0 Å². The molecule has 0 unspecified atom stereocenters. The number of amides is 1. The fourth-order valence-corrected chi connectivity index (χ4v) is 2.64. The van der Waals surface area contributed by atoms with Gasteiger partial charge in [0.1, 0.15) is 0 Å². The molecule has 0 heterocycles. The molecular formula is C12H21NO3. The molecule has 0 aromatic carbocycles. The van der Waals surface area contributed by atoms with Crippen LogP contribution in [0.2, 0.25) is 0 Å². The zero-order valence-corrected chi connectivity index (χ0v) is 9.92. The molecule has 0 saturated heterocycles. The summed E-state index contributed by atoms with van der Waals surface area (Å²) in [6, 6.07) is 0. The first-order valence-corrected chi connectivity index (χ1v) is 6.06. The highest BCUT2D eigenvalue weighted by Crippen LogP contribution is 2.42. The second kappa shape index (κ2) is 5.87. The standard InChI is InChI=1S/C12H21NO3/c1-2-13-10(14)8-12(9-11(15)16)6-4-3-5-7-12/h2-9H2,1H3,(H,13,14)(H,15,16). The molecule has 0 aromatic heterocycles. The molecule has 16 heavy (non-hydrogen) atoms. The largest absolute Gasteiger partial charge is 0.481 e. The summed E-state index contributed by atoms with van der Waals surface area (Å²) in [4.78, 5) is 22.5. The number of hydrogen-bond acceptors (Lipinski definition) is 2. The number of carboxylic acids is 1. The molecule has 92 valence electrons. The lowest BCUT2D eigenvalue weighted by molar-refractivity contribution is -0.141. The first-order chi connectivity index (χ1) is 7.58. The molecule has 1 rings (SSSR count). The third-order valence-corrected chi connectivity index (χ3v) is 3.35. The topological polar surface area (TPSA) is 66.4 Å². The van der Waals surface area contributed by atoms with Gasteiger partial charge in [-0.15, -0.1) is 0 Å². The molecule has 2 N–H and O–H groups in total. The van der Waals surface area contributed by atoms with Crippen LogP contribution >= 0.6 is 0 Å². The molecule has 1 aliphatic rings. The summed E-state index contributed by atoms with van der Waals surface area (Å²) in [7, 11) is 0. The highest BCUT2D eigenvalue weighted by molar-refractivity contribution is 5.78. The maximum absolute atomic E-state index is 11.6. The number of carbonyl (C=O) groups excluding carboxylic acids is 1. The van der Waals surface area contributed by atoms with Crippen molar-refractivity contribution in [2.24, 2.45) is 5.41 Å². The van der Waals surface area contributed by atoms with E-state index in [1.54, 1.807) is 0 Å². The third kappa shape index (κ3) is 3.83. The maximum atomic E-state index is 11.6. The van der Waals surface area contributed by atoms with Gasteiger partial charge in [0.05, 0.1) is 6.42 Å². The van der Waals surface area contributed by atoms with Crippen LogP contribution in [0.15, 0.2) is 0 Å². The fourth-order valence-electron chi connectivity index (χ4n) is 2.64. The summed E-state index contributed by atoms with van der Waals surface area (Å²) in [5.74, 6) is -0.795. The van der Waals surface area contributed by atoms with Crippen LogP contribution in [0, 0.1) is 5.41 Å². The van der Waals surface area contributed by atoms with Crippen molar-refractivity contribution in [3.8, 4) is 0 Å². The summed E-state index contributed by atoms with van der Waals surface area (Å²) in [5, 5.41) is 11.7. The minimum absolute atomic E-state index is 0.00866. The van der Waals surface area contributed by atoms with E-state index in [0.29, 0.717) is 13.0 Å². The van der Waals surface area contributed by atoms with E-state index in [1.165, 1.54) is 0 Å². The molecule has 4 nitrogen and oxygen atoms in total. The SMILES string of the molecule is CCNC(=O)CC1(CC(=O)O)CCCCC1. The van der Waals surface area contributed by atoms with Gasteiger partial charge in [0.2, 0.25) is 5.91 Å². The first kappa shape index (κ1) is 13.0. The van der Waals surface area contributed by atoms with Gasteiger partial charge in [-0.05, 0) is 25.2 Å². The lowest BCUT2D eigenvalue weighted by Gasteiger charge is -2.35. The van der Waals surface area contributed by atoms with Gasteiger partial charge in [-0.3, -0.25) is 9.59 Å². The molecule has 1 amide bonds. The van der Waals surface area contributed by atoms with E-state index >= 15 is 0 Å². The number of rotatable bonds is 5. The summed E-state index contributed by atoms with van der Waals surface area (Å²) < 4.78 is 0. The van der Waals surface area contributed by atoms with Crippen molar-refractivity contribution in [2.75, 3.05) is 6.54 Å². The summed E-state index contributed by atoms with van der Waals surface area (Å²) in [6.45, 7) is 2.49. The zero-order valence-electron chi connectivity index (χ0n) is 9.92. The molecule has 0 bridgehead atoms. The van der Waals surface area contributed by atoms with Gasteiger partial charge in [0.25, 0.3) is 0 Å². The van der Waals surface area contributed by atoms with Crippen LogP contribution in [0.3, 0.4) is 0 Å². The Bertz CT molecular complexity index is 257. The number of nitrogens with one attached hydrogen (secondary N) is 1. The fraction of sp³-hybridized carbons (Fsp3) is 0.833. The molecule has 1 aliphatic carbocycles. The second-order valence-corrected chi connectivity index (χ2v) is 4.76. The van der Waals surface area contributed by atoms with Gasteiger partial charge in [-0.25, -0.2) is 0 Å². The lowest BCUT2D eigenvalue weighted by atomic mass is 9.69. The molecule has 1 saturated carbocycles. The molecule has 0 radical (unpaired) electrons. The van der Waals surface area contributed by atoms with Crippen LogP contribution in [0.4, 0.5) is 0 Å². The number of carboxylic acid groups (broad SMARTS) is 1. The smallest absolute Gasteiger partial charge is 0.303 e. The van der Waals surface area contributed by atoms with Gasteiger partial charge >= 0.3 is 5.97 Å². The average Bonchev–Trinajstić information content (AvgIpc) is 2.17. The molecule has 1 fully saturated rings. The van der Waals surface area contributed by atoms with Gasteiger partial charge in [-0.1, -0.05) is 19.3 Å². The normalized spacial score (nSPS) is 19.1. The van der Waals surface area contributed by atoms with Crippen LogP contribution < -0.4 is 5.32 Å². The first-order valence-electron chi connectivity index (χ1n) is 6.06. The average molecular weight is 227 g/mol. The highest BCUT2D eigenvalue weighted by Gasteiger charge is 2.36. The third-order valence-electron chi connectivity index (χ3n) is 3.35. The Morgan fingerprint density at radius 2 is 1.81 bits per heavy atom. The minimum atomic E-state index is -0.786. The van der Waals surface area contributed by atoms with E-state index < -0.39 is 5.97 Å². The quantitative estimate of drug-likeness (QED) is 0.754. The molecular weight excluding hydrogens is 206 g/mol. The van der Waals surface area contributed by atoms with E-state index in [0.717, 1.165) is 32.1 Å². The van der Waals surface area contributed by atoms with Gasteiger partial charge in [0.15, 0.2) is 0 Å². The second-order valence-electron chi connectivity index (χ2n) is 4.76. The van der Waals surface area contributed by atoms with Gasteiger partial charge in [-0.2, -0.15) is 0 Å². The predicted molar refractivity (Wildman–Crippen MR) is 61.1 cm³/mol. The van der Waals surface area contributed by atoms with Crippen molar-refractivity contribution in [2.45, 2.75) is 51.9 Å². The molecule has 0 atom stereocenters. The van der Waals surface area contributed by atoms with Crippen LogP contribution in [0.25, 0.3) is 0 Å². The monoisotopic (exact) mass is 227 g/mol. The summed E-state index contributed by atoms with van der Waals surface area (Å²) in [5.41, 5.74) is -0.288. The summed E-state index contributed by atoms with van der Waals surface area (Å²) in [6.07, 6.45) is 5.50. The Morgan fingerprint density at radius 1 is 1.19 bits per heavy atom. The van der Waals surface area contributed by atoms with Crippen LogP contribution in [-0.2, 0) is 9.59 Å². The minimum Gasteiger partial charge on any atom is -0.481 e. The van der Waals surface area contributed by atoms with Crippen molar-refractivity contribution in [3.63, 3.8) is 0 Å². The zero-order chi connectivity index (χ0) is 12.0. The van der Waals surface area contributed by atoms with E-state index in [2.05, 4.69) is 5.32 Å². The van der Waals surface area contributed by atoms with Crippen molar-refractivity contribution in [3.05, 3.63) is 0 Å². The number of aliphatic carboxylic acids is 1. The molecule has 0 spiro atoms. The molecule has 0 aromatic rings. The maximum Gasteiger partial charge on any atom is 0.303 e. The lowest BCUT2D eigenvalue weighted by Crippen LogP contribution is -2.35. The van der Waals surface area contributed by atoms with E-state index in [-0.39, 0.29) is 17.7 Å². The Kier molecular flexibility index (Phi) is 4.77. The van der Waals surface area contributed by atoms with Crippen molar-refractivity contribution in [1.82, 2.24) is 5.32 Å². The number of hydrogen-bond donors (Lipinski definition) is 2. The van der Waals surface area contributed by atoms with Crippen molar-refractivity contribution < 1.29 is 14.7 Å². The summed E-state index contributed by atoms with van der Waals surface area (Å²) >= 11 is 0. The Morgan fingerprint density at radius 3 is 2.31 bits per heavy atom. The van der Waals surface area contributed by atoms with E-state index in [9.17, 15) is 9.59 Å². The Balaban J connectivity index is 2.62. The van der Waals surface area contributed by atoms with Gasteiger partial charge in [0, 0.05) is 13.0 Å².